The third-order valence-corrected chi connectivity index (χ3v) is 14.0. The number of unbranched alkanes of at least 4 members (excludes halogenated alkanes) is 41. The van der Waals surface area contributed by atoms with E-state index < -0.39 is 0 Å². The van der Waals surface area contributed by atoms with Gasteiger partial charge in [-0.05, 0) is 51.4 Å². The van der Waals surface area contributed by atoms with Crippen molar-refractivity contribution < 1.29 is 9.59 Å². The number of allylic oxidation sites excluding steroid dienone is 6. The summed E-state index contributed by atoms with van der Waals surface area (Å²) in [5.41, 5.74) is 0. The van der Waals surface area contributed by atoms with Crippen molar-refractivity contribution in [3.8, 4) is 0 Å². The third kappa shape index (κ3) is 50.0. The lowest BCUT2D eigenvalue weighted by Gasteiger charge is -2.15. The van der Waals surface area contributed by atoms with E-state index in [1.54, 1.807) is 0 Å². The summed E-state index contributed by atoms with van der Waals surface area (Å²) in [5, 5.41) is 0. The van der Waals surface area contributed by atoms with Gasteiger partial charge in [-0.1, -0.05) is 314 Å². The van der Waals surface area contributed by atoms with Gasteiger partial charge >= 0.3 is 0 Å². The molecule has 0 aliphatic heterocycles. The van der Waals surface area contributed by atoms with Gasteiger partial charge in [-0.15, -0.1) is 0 Å². The van der Waals surface area contributed by atoms with Gasteiger partial charge < -0.3 is 0 Å². The van der Waals surface area contributed by atoms with Crippen LogP contribution in [0.4, 0.5) is 0 Å². The SMILES string of the molecule is CCC=CCC=CCC=CCCCCCCCC(C(=O)CCCCCCCCCCCCCCCCCCCCC)C(=O)CCCCCCCCCCCCCCCCCCCCC. The van der Waals surface area contributed by atoms with Crippen LogP contribution in [0.15, 0.2) is 36.5 Å². The average molecular weight is 894 g/mol. The van der Waals surface area contributed by atoms with Crippen molar-refractivity contribution in [2.24, 2.45) is 5.92 Å². The summed E-state index contributed by atoms with van der Waals surface area (Å²) in [6.45, 7) is 6.78. The molecule has 376 valence electrons. The lowest BCUT2D eigenvalue weighted by atomic mass is 9.87. The van der Waals surface area contributed by atoms with E-state index >= 15 is 0 Å². The lowest BCUT2D eigenvalue weighted by Crippen LogP contribution is -2.24. The molecular formula is C62H116O2. The minimum atomic E-state index is -0.334. The van der Waals surface area contributed by atoms with Gasteiger partial charge in [0.25, 0.3) is 0 Å². The molecule has 0 aliphatic rings. The van der Waals surface area contributed by atoms with Crippen molar-refractivity contribution in [3.63, 3.8) is 0 Å². The van der Waals surface area contributed by atoms with Crippen LogP contribution in [0.25, 0.3) is 0 Å². The van der Waals surface area contributed by atoms with Crippen molar-refractivity contribution in [1.82, 2.24) is 0 Å². The zero-order chi connectivity index (χ0) is 46.3. The van der Waals surface area contributed by atoms with Crippen LogP contribution in [0.3, 0.4) is 0 Å². The summed E-state index contributed by atoms with van der Waals surface area (Å²) in [4.78, 5) is 27.0. The minimum Gasteiger partial charge on any atom is -0.299 e. The lowest BCUT2D eigenvalue weighted by molar-refractivity contribution is -0.133. The van der Waals surface area contributed by atoms with Crippen molar-refractivity contribution in [3.05, 3.63) is 36.5 Å². The van der Waals surface area contributed by atoms with Crippen molar-refractivity contribution in [2.45, 2.75) is 342 Å². The van der Waals surface area contributed by atoms with Crippen LogP contribution in [-0.2, 0) is 9.59 Å². The molecule has 0 spiro atoms. The Labute approximate surface area is 403 Å². The molecule has 0 aromatic heterocycles. The Balaban J connectivity index is 4.23. The van der Waals surface area contributed by atoms with Crippen LogP contribution in [0.5, 0.6) is 0 Å². The van der Waals surface area contributed by atoms with Gasteiger partial charge in [-0.2, -0.15) is 0 Å². The number of carbonyl (C=O) groups is 2. The average Bonchev–Trinajstić information content (AvgIpc) is 3.30. The van der Waals surface area contributed by atoms with Gasteiger partial charge in [0.05, 0.1) is 5.92 Å². The Bertz CT molecular complexity index is 950. The molecule has 0 heterocycles. The van der Waals surface area contributed by atoms with Crippen LogP contribution in [0.2, 0.25) is 0 Å². The second kappa shape index (κ2) is 55.9. The molecule has 0 aliphatic carbocycles. The minimum absolute atomic E-state index is 0.260. The van der Waals surface area contributed by atoms with E-state index in [-0.39, 0.29) is 17.5 Å². The van der Waals surface area contributed by atoms with Gasteiger partial charge in [0.15, 0.2) is 0 Å². The van der Waals surface area contributed by atoms with E-state index in [1.807, 2.05) is 0 Å². The van der Waals surface area contributed by atoms with Crippen molar-refractivity contribution in [2.75, 3.05) is 0 Å². The maximum absolute atomic E-state index is 13.5. The zero-order valence-corrected chi connectivity index (χ0v) is 44.2. The summed E-state index contributed by atoms with van der Waals surface area (Å²) < 4.78 is 0. The Morgan fingerprint density at radius 1 is 0.281 bits per heavy atom. The first-order valence-electron chi connectivity index (χ1n) is 29.7. The molecule has 2 heteroatoms. The fourth-order valence-electron chi connectivity index (χ4n) is 9.57. The molecule has 0 saturated carbocycles. The number of Topliss-reactive ketones (excluding diaryl/α,β-unsaturated/α-hetero) is 2. The second-order valence-corrected chi connectivity index (χ2v) is 20.4. The highest BCUT2D eigenvalue weighted by Gasteiger charge is 2.24. The standard InChI is InChI=1S/C62H116O2/c1-4-7-10-13-16-19-22-25-28-30-32-34-37-40-43-46-49-52-55-58-61(63)60(57-54-51-48-45-42-39-36-27-24-21-18-15-12-9-6-3)62(64)59-56-53-50-47-44-41-38-35-33-31-29-26-23-20-17-14-11-8-5-2/h9,12,18,21,27,36,60H,4-8,10-11,13-17,19-20,22-26,28-35,37-59H2,1-3H3. The van der Waals surface area contributed by atoms with Gasteiger partial charge in [0.1, 0.15) is 11.6 Å². The van der Waals surface area contributed by atoms with E-state index in [0.29, 0.717) is 12.8 Å². The highest BCUT2D eigenvalue weighted by atomic mass is 16.1. The molecule has 0 unspecified atom stereocenters. The van der Waals surface area contributed by atoms with Crippen molar-refractivity contribution >= 4 is 11.6 Å². The fraction of sp³-hybridized carbons (Fsp3) is 0.871. The van der Waals surface area contributed by atoms with E-state index in [0.717, 1.165) is 70.6 Å². The largest absolute Gasteiger partial charge is 0.299 e. The molecule has 64 heavy (non-hydrogen) atoms. The predicted octanol–water partition coefficient (Wildman–Crippen LogP) is 22.0. The molecule has 0 rings (SSSR count). The van der Waals surface area contributed by atoms with Crippen molar-refractivity contribution in [1.29, 1.82) is 0 Å². The van der Waals surface area contributed by atoms with E-state index in [4.69, 9.17) is 0 Å². The number of hydrogen-bond donors (Lipinski definition) is 0. The molecule has 0 aromatic carbocycles. The van der Waals surface area contributed by atoms with Gasteiger partial charge in [-0.3, -0.25) is 9.59 Å². The van der Waals surface area contributed by atoms with Crippen LogP contribution < -0.4 is 0 Å². The Hall–Kier alpha value is -1.44. The monoisotopic (exact) mass is 893 g/mol. The second-order valence-electron chi connectivity index (χ2n) is 20.4. The molecule has 0 N–H and O–H groups in total. The Kier molecular flexibility index (Phi) is 54.6. The van der Waals surface area contributed by atoms with E-state index in [2.05, 4.69) is 57.2 Å². The highest BCUT2D eigenvalue weighted by molar-refractivity contribution is 6.02. The molecule has 0 saturated heterocycles. The van der Waals surface area contributed by atoms with Crippen LogP contribution >= 0.6 is 0 Å². The van der Waals surface area contributed by atoms with Crippen LogP contribution in [0.1, 0.15) is 342 Å². The molecule has 0 aromatic rings. The first-order valence-corrected chi connectivity index (χ1v) is 29.7. The maximum Gasteiger partial charge on any atom is 0.143 e. The molecular weight excluding hydrogens is 777 g/mol. The highest BCUT2D eigenvalue weighted by Crippen LogP contribution is 2.22. The maximum atomic E-state index is 13.5. The van der Waals surface area contributed by atoms with Gasteiger partial charge in [-0.25, -0.2) is 0 Å². The molecule has 0 amide bonds. The number of carbonyl (C=O) groups excluding carboxylic acids is 2. The normalized spacial score (nSPS) is 12.1. The summed E-state index contributed by atoms with van der Waals surface area (Å²) in [5.74, 6) is 0.185. The van der Waals surface area contributed by atoms with E-state index in [9.17, 15) is 9.59 Å². The molecule has 0 atom stereocenters. The van der Waals surface area contributed by atoms with Crippen LogP contribution in [0, 0.1) is 5.92 Å². The number of ketones is 2. The summed E-state index contributed by atoms with van der Waals surface area (Å²) in [6, 6.07) is 0. The smallest absolute Gasteiger partial charge is 0.143 e. The van der Waals surface area contributed by atoms with Gasteiger partial charge in [0.2, 0.25) is 0 Å². The molecule has 0 radical (unpaired) electrons. The van der Waals surface area contributed by atoms with Gasteiger partial charge in [0, 0.05) is 12.8 Å². The quantitative estimate of drug-likeness (QED) is 0.0346. The predicted molar refractivity (Wildman–Crippen MR) is 289 cm³/mol. The topological polar surface area (TPSA) is 34.1 Å². The zero-order valence-electron chi connectivity index (χ0n) is 44.2. The van der Waals surface area contributed by atoms with E-state index in [1.165, 1.54) is 238 Å². The summed E-state index contributed by atoms with van der Waals surface area (Å²) in [7, 11) is 0. The summed E-state index contributed by atoms with van der Waals surface area (Å²) in [6.07, 6.45) is 77.7. The first-order chi connectivity index (χ1) is 31.7. The first kappa shape index (κ1) is 62.6. The van der Waals surface area contributed by atoms with Crippen LogP contribution in [-0.4, -0.2) is 11.6 Å². The fourth-order valence-corrected chi connectivity index (χ4v) is 9.57. The molecule has 0 bridgehead atoms. The number of rotatable bonds is 55. The Morgan fingerprint density at radius 2 is 0.531 bits per heavy atom. The third-order valence-electron chi connectivity index (χ3n) is 14.0. The molecule has 2 nitrogen and oxygen atoms in total. The summed E-state index contributed by atoms with van der Waals surface area (Å²) >= 11 is 0. The Morgan fingerprint density at radius 3 is 0.844 bits per heavy atom. The number of hydrogen-bond acceptors (Lipinski definition) is 2. The molecule has 0 fully saturated rings.